The predicted octanol–water partition coefficient (Wildman–Crippen LogP) is 4.21. The second-order valence-electron chi connectivity index (χ2n) is 8.13. The Kier molecular flexibility index (Phi) is 5.47. The van der Waals surface area contributed by atoms with Gasteiger partial charge in [-0.25, -0.2) is 4.98 Å². The van der Waals surface area contributed by atoms with Crippen LogP contribution >= 0.6 is 11.3 Å². The number of furan rings is 1. The van der Waals surface area contributed by atoms with Crippen LogP contribution < -0.4 is 10.2 Å². The van der Waals surface area contributed by atoms with Crippen LogP contribution in [0.1, 0.15) is 23.2 Å². The van der Waals surface area contributed by atoms with Gasteiger partial charge in [0.25, 0.3) is 11.8 Å². The molecule has 6 rings (SSSR count). The number of benzene rings is 1. The molecule has 1 aromatic carbocycles. The first-order valence-electron chi connectivity index (χ1n) is 11.1. The molecule has 0 spiro atoms. The fourth-order valence-electron chi connectivity index (χ4n) is 3.96. The van der Waals surface area contributed by atoms with Gasteiger partial charge in [0.05, 0.1) is 28.3 Å². The molecule has 176 valence electrons. The number of rotatable bonds is 5. The molecule has 1 aliphatic rings. The Morgan fingerprint density at radius 3 is 2.69 bits per heavy atom. The van der Waals surface area contributed by atoms with Crippen molar-refractivity contribution < 1.29 is 18.7 Å². The van der Waals surface area contributed by atoms with Crippen LogP contribution in [0.25, 0.3) is 33.3 Å². The molecule has 0 bridgehead atoms. The fourth-order valence-corrected chi connectivity index (χ4v) is 5.03. The highest BCUT2D eigenvalue weighted by Gasteiger charge is 2.24. The number of nitrogens with one attached hydrogen (secondary N) is 1. The smallest absolute Gasteiger partial charge is 0.322 e. The Morgan fingerprint density at radius 1 is 1.09 bits per heavy atom. The van der Waals surface area contributed by atoms with E-state index in [1.54, 1.807) is 18.2 Å². The maximum Gasteiger partial charge on any atom is 0.322 e. The van der Waals surface area contributed by atoms with Gasteiger partial charge in [0, 0.05) is 18.7 Å². The van der Waals surface area contributed by atoms with Gasteiger partial charge in [-0.3, -0.25) is 10.1 Å². The topological polar surface area (TPSA) is 130 Å². The van der Waals surface area contributed by atoms with Crippen LogP contribution in [0.3, 0.4) is 0 Å². The van der Waals surface area contributed by atoms with Gasteiger partial charge in [-0.2, -0.15) is 4.98 Å². The summed E-state index contributed by atoms with van der Waals surface area (Å²) in [5, 5.41) is 21.2. The summed E-state index contributed by atoms with van der Waals surface area (Å²) in [5.74, 6) is 0.172. The molecule has 1 amide bonds. The highest BCUT2D eigenvalue weighted by Crippen LogP contribution is 2.34. The molecule has 35 heavy (non-hydrogen) atoms. The second kappa shape index (κ2) is 8.93. The zero-order valence-electron chi connectivity index (χ0n) is 18.4. The van der Waals surface area contributed by atoms with Gasteiger partial charge in [-0.1, -0.05) is 46.8 Å². The first-order chi connectivity index (χ1) is 17.1. The average Bonchev–Trinajstić information content (AvgIpc) is 3.65. The lowest BCUT2D eigenvalue weighted by molar-refractivity contribution is 0.102. The molecular weight excluding hydrogens is 468 g/mol. The number of hydrogen-bond donors (Lipinski definition) is 2. The summed E-state index contributed by atoms with van der Waals surface area (Å²) in [6.07, 6.45) is 2.58. The minimum Gasteiger partial charge on any atom is -0.459 e. The number of piperidine rings is 1. The number of nitrogens with zero attached hydrogens (tertiary/aromatic N) is 5. The Hall–Kier alpha value is -4.09. The van der Waals surface area contributed by atoms with Crippen LogP contribution in [0, 0.1) is 0 Å². The van der Waals surface area contributed by atoms with E-state index in [1.807, 2.05) is 30.3 Å². The maximum absolute atomic E-state index is 13.4. The third-order valence-corrected chi connectivity index (χ3v) is 6.92. The Morgan fingerprint density at radius 2 is 1.91 bits per heavy atom. The second-order valence-corrected chi connectivity index (χ2v) is 9.11. The minimum absolute atomic E-state index is 0.0395. The standard InChI is InChI=1S/C24H20N6O4S/c31-15-8-10-30(11-9-15)24-26-20-19(35-24)16(13-17(25-20)14-5-2-1-3-6-14)21(32)27-23-29-28-22(34-23)18-7-4-12-33-18/h1-7,12-13,15,31H,8-11H2,(H,27,29,32). The molecule has 0 radical (unpaired) electrons. The van der Waals surface area contributed by atoms with Gasteiger partial charge in [0.2, 0.25) is 0 Å². The molecular formula is C24H20N6O4S. The number of carbonyl (C=O) groups excluding carboxylic acids is 1. The Labute approximate surface area is 203 Å². The molecule has 4 aromatic heterocycles. The van der Waals surface area contributed by atoms with Gasteiger partial charge in [-0.15, -0.1) is 5.10 Å². The number of hydrogen-bond acceptors (Lipinski definition) is 10. The van der Waals surface area contributed by atoms with Crippen molar-refractivity contribution in [1.82, 2.24) is 20.2 Å². The summed E-state index contributed by atoms with van der Waals surface area (Å²) in [4.78, 5) is 25.0. The largest absolute Gasteiger partial charge is 0.459 e. The van der Waals surface area contributed by atoms with Gasteiger partial charge in [0.15, 0.2) is 16.5 Å². The van der Waals surface area contributed by atoms with E-state index >= 15 is 0 Å². The van der Waals surface area contributed by atoms with Crippen LogP contribution in [0.4, 0.5) is 11.1 Å². The number of pyridine rings is 1. The number of aromatic nitrogens is 4. The summed E-state index contributed by atoms with van der Waals surface area (Å²) in [6, 6.07) is 14.7. The fraction of sp³-hybridized carbons (Fsp3) is 0.208. The van der Waals surface area contributed by atoms with Crippen LogP contribution in [0.15, 0.2) is 63.6 Å². The molecule has 1 fully saturated rings. The number of thiazole rings is 1. The molecule has 0 saturated carbocycles. The maximum atomic E-state index is 13.4. The zero-order valence-corrected chi connectivity index (χ0v) is 19.2. The van der Waals surface area contributed by atoms with Crippen molar-refractivity contribution in [2.45, 2.75) is 18.9 Å². The molecule has 5 heterocycles. The number of amides is 1. The number of fused-ring (bicyclic) bond motifs is 1. The highest BCUT2D eigenvalue weighted by molar-refractivity contribution is 7.22. The molecule has 0 aliphatic carbocycles. The zero-order chi connectivity index (χ0) is 23.8. The SMILES string of the molecule is O=C(Nc1nnc(-c2ccco2)o1)c1cc(-c2ccccc2)nc2nc(N3CCC(O)CC3)sc12. The van der Waals surface area contributed by atoms with E-state index < -0.39 is 5.91 Å². The lowest BCUT2D eigenvalue weighted by atomic mass is 10.1. The lowest BCUT2D eigenvalue weighted by Gasteiger charge is -2.28. The van der Waals surface area contributed by atoms with Crippen molar-refractivity contribution in [3.05, 3.63) is 60.4 Å². The van der Waals surface area contributed by atoms with Crippen molar-refractivity contribution >= 4 is 38.7 Å². The molecule has 5 aromatic rings. The summed E-state index contributed by atoms with van der Waals surface area (Å²) in [7, 11) is 0. The first kappa shape index (κ1) is 21.4. The summed E-state index contributed by atoms with van der Waals surface area (Å²) in [5.41, 5.74) is 2.41. The molecule has 0 atom stereocenters. The van der Waals surface area contributed by atoms with Crippen molar-refractivity contribution in [3.8, 4) is 22.9 Å². The van der Waals surface area contributed by atoms with Crippen molar-refractivity contribution in [1.29, 1.82) is 0 Å². The quantitative estimate of drug-likeness (QED) is 0.373. The van der Waals surface area contributed by atoms with Gasteiger partial charge in [-0.05, 0) is 31.0 Å². The average molecular weight is 489 g/mol. The van der Waals surface area contributed by atoms with E-state index in [2.05, 4.69) is 20.4 Å². The van der Waals surface area contributed by atoms with Gasteiger partial charge in [0.1, 0.15) is 0 Å². The summed E-state index contributed by atoms with van der Waals surface area (Å²) < 4.78 is 11.5. The van der Waals surface area contributed by atoms with Crippen LogP contribution in [-0.2, 0) is 0 Å². The van der Waals surface area contributed by atoms with Crippen LogP contribution in [-0.4, -0.2) is 50.4 Å². The van der Waals surface area contributed by atoms with Crippen molar-refractivity contribution in [2.75, 3.05) is 23.3 Å². The van der Waals surface area contributed by atoms with E-state index in [-0.39, 0.29) is 18.0 Å². The summed E-state index contributed by atoms with van der Waals surface area (Å²) in [6.45, 7) is 1.40. The Bertz CT molecular complexity index is 1470. The number of carbonyl (C=O) groups is 1. The van der Waals surface area contributed by atoms with Crippen molar-refractivity contribution in [2.24, 2.45) is 0 Å². The normalized spacial score (nSPS) is 14.5. The number of aliphatic hydroxyl groups is 1. The highest BCUT2D eigenvalue weighted by atomic mass is 32.1. The van der Waals surface area contributed by atoms with E-state index in [9.17, 15) is 9.90 Å². The minimum atomic E-state index is -0.409. The molecule has 10 nitrogen and oxygen atoms in total. The lowest BCUT2D eigenvalue weighted by Crippen LogP contribution is -2.35. The molecule has 2 N–H and O–H groups in total. The van der Waals surface area contributed by atoms with Gasteiger partial charge < -0.3 is 18.8 Å². The third-order valence-electron chi connectivity index (χ3n) is 5.78. The monoisotopic (exact) mass is 488 g/mol. The van der Waals surface area contributed by atoms with Crippen LogP contribution in [0.5, 0.6) is 0 Å². The Balaban J connectivity index is 1.37. The van der Waals surface area contributed by atoms with Gasteiger partial charge >= 0.3 is 6.01 Å². The molecule has 1 saturated heterocycles. The number of aliphatic hydroxyl groups excluding tert-OH is 1. The molecule has 11 heteroatoms. The molecule has 0 unspecified atom stereocenters. The molecule has 1 aliphatic heterocycles. The van der Waals surface area contributed by atoms with E-state index in [1.165, 1.54) is 17.6 Å². The van der Waals surface area contributed by atoms with E-state index in [0.717, 1.165) is 10.7 Å². The summed E-state index contributed by atoms with van der Waals surface area (Å²) >= 11 is 1.41. The predicted molar refractivity (Wildman–Crippen MR) is 130 cm³/mol. The first-order valence-corrected chi connectivity index (χ1v) is 11.9. The van der Waals surface area contributed by atoms with Crippen LogP contribution in [0.2, 0.25) is 0 Å². The van der Waals surface area contributed by atoms with Crippen molar-refractivity contribution in [3.63, 3.8) is 0 Å². The van der Waals surface area contributed by atoms with E-state index in [0.29, 0.717) is 53.3 Å². The van der Waals surface area contributed by atoms with E-state index in [4.69, 9.17) is 18.8 Å². The number of anilines is 2. The third kappa shape index (κ3) is 4.27.